The maximum atomic E-state index is 11.3. The van der Waals surface area contributed by atoms with Gasteiger partial charge >= 0.3 is 0 Å². The summed E-state index contributed by atoms with van der Waals surface area (Å²) in [6.07, 6.45) is 4.37. The van der Waals surface area contributed by atoms with Crippen molar-refractivity contribution in [2.24, 2.45) is 5.14 Å². The Balaban J connectivity index is 2.59. The van der Waals surface area contributed by atoms with E-state index in [0.29, 0.717) is 6.42 Å². The molecule has 0 radical (unpaired) electrons. The summed E-state index contributed by atoms with van der Waals surface area (Å²) in [4.78, 5) is 0.224. The number of benzene rings is 1. The average Bonchev–Trinajstić information content (AvgIpc) is 2.28. The fourth-order valence-corrected chi connectivity index (χ4v) is 2.57. The Morgan fingerprint density at radius 2 is 1.71 bits per heavy atom. The molecule has 0 bridgehead atoms. The maximum absolute atomic E-state index is 11.3. The Labute approximate surface area is 103 Å². The van der Waals surface area contributed by atoms with Crippen molar-refractivity contribution >= 4 is 10.0 Å². The van der Waals surface area contributed by atoms with Crippen LogP contribution >= 0.6 is 0 Å². The molecule has 0 aliphatic rings. The molecular formula is C12H19NO3S. The van der Waals surface area contributed by atoms with E-state index < -0.39 is 10.0 Å². The van der Waals surface area contributed by atoms with Gasteiger partial charge in [-0.15, -0.1) is 0 Å². The van der Waals surface area contributed by atoms with Crippen LogP contribution in [-0.2, 0) is 16.4 Å². The van der Waals surface area contributed by atoms with Gasteiger partial charge in [0.2, 0.25) is 10.0 Å². The molecule has 0 aliphatic heterocycles. The number of hydrogen-bond donors (Lipinski definition) is 2. The van der Waals surface area contributed by atoms with Gasteiger partial charge in [0.05, 0.1) is 4.90 Å². The number of aliphatic hydroxyl groups is 1. The van der Waals surface area contributed by atoms with Crippen molar-refractivity contribution in [1.29, 1.82) is 0 Å². The minimum absolute atomic E-state index is 0.216. The van der Waals surface area contributed by atoms with E-state index in [1.54, 1.807) is 18.2 Å². The summed E-state index contributed by atoms with van der Waals surface area (Å²) < 4.78 is 22.7. The van der Waals surface area contributed by atoms with Crippen LogP contribution in [0.2, 0.25) is 0 Å². The highest BCUT2D eigenvalue weighted by Gasteiger charge is 2.12. The lowest BCUT2D eigenvalue weighted by Gasteiger charge is -2.07. The second-order valence-electron chi connectivity index (χ2n) is 4.04. The van der Waals surface area contributed by atoms with Gasteiger partial charge < -0.3 is 5.11 Å². The molecule has 0 saturated heterocycles. The lowest BCUT2D eigenvalue weighted by atomic mass is 10.1. The summed E-state index contributed by atoms with van der Waals surface area (Å²) in [6.45, 7) is 0.216. The van der Waals surface area contributed by atoms with Crippen molar-refractivity contribution in [3.63, 3.8) is 0 Å². The number of aliphatic hydroxyl groups excluding tert-OH is 1. The third-order valence-electron chi connectivity index (χ3n) is 2.63. The number of unbranched alkanes of at least 4 members (excludes halogenated alkanes) is 3. The first-order chi connectivity index (χ1) is 8.05. The van der Waals surface area contributed by atoms with Crippen molar-refractivity contribution in [3.05, 3.63) is 29.8 Å². The number of rotatable bonds is 7. The SMILES string of the molecule is NS(=O)(=O)c1ccccc1CCCCCCO. The molecule has 0 fully saturated rings. The smallest absolute Gasteiger partial charge is 0.238 e. The third kappa shape index (κ3) is 4.85. The molecule has 1 aromatic rings. The summed E-state index contributed by atoms with van der Waals surface area (Å²) in [5.74, 6) is 0. The number of nitrogens with two attached hydrogens (primary N) is 1. The number of primary sulfonamides is 1. The summed E-state index contributed by atoms with van der Waals surface area (Å²) in [7, 11) is -3.62. The predicted octanol–water partition coefficient (Wildman–Crippen LogP) is 1.43. The van der Waals surface area contributed by atoms with Gasteiger partial charge in [0.1, 0.15) is 0 Å². The minimum Gasteiger partial charge on any atom is -0.396 e. The first kappa shape index (κ1) is 14.2. The van der Waals surface area contributed by atoms with E-state index in [4.69, 9.17) is 10.2 Å². The zero-order valence-electron chi connectivity index (χ0n) is 9.80. The molecule has 4 nitrogen and oxygen atoms in total. The van der Waals surface area contributed by atoms with Crippen LogP contribution in [-0.4, -0.2) is 20.1 Å². The van der Waals surface area contributed by atoms with Crippen LogP contribution in [0.5, 0.6) is 0 Å². The molecular weight excluding hydrogens is 238 g/mol. The normalized spacial score (nSPS) is 11.6. The quantitative estimate of drug-likeness (QED) is 0.725. The topological polar surface area (TPSA) is 80.4 Å². The molecule has 0 aliphatic carbocycles. The van der Waals surface area contributed by atoms with Crippen molar-refractivity contribution in [2.75, 3.05) is 6.61 Å². The molecule has 0 spiro atoms. The molecule has 17 heavy (non-hydrogen) atoms. The van der Waals surface area contributed by atoms with E-state index in [0.717, 1.165) is 31.2 Å². The van der Waals surface area contributed by atoms with Gasteiger partial charge in [-0.1, -0.05) is 31.0 Å². The molecule has 0 atom stereocenters. The van der Waals surface area contributed by atoms with Crippen LogP contribution in [0.25, 0.3) is 0 Å². The zero-order chi connectivity index (χ0) is 12.7. The molecule has 96 valence electrons. The van der Waals surface area contributed by atoms with Crippen LogP contribution in [0.15, 0.2) is 29.2 Å². The van der Waals surface area contributed by atoms with Crippen LogP contribution < -0.4 is 5.14 Å². The summed E-state index contributed by atoms with van der Waals surface area (Å²) in [6, 6.07) is 6.83. The number of sulfonamides is 1. The van der Waals surface area contributed by atoms with Crippen LogP contribution in [0.3, 0.4) is 0 Å². The molecule has 0 saturated carbocycles. The largest absolute Gasteiger partial charge is 0.396 e. The average molecular weight is 257 g/mol. The maximum Gasteiger partial charge on any atom is 0.238 e. The molecule has 3 N–H and O–H groups in total. The van der Waals surface area contributed by atoms with Gasteiger partial charge in [0, 0.05) is 6.61 Å². The molecule has 1 aromatic carbocycles. The first-order valence-corrected chi connectivity index (χ1v) is 7.32. The van der Waals surface area contributed by atoms with Crippen molar-refractivity contribution in [3.8, 4) is 0 Å². The summed E-state index contributed by atoms with van der Waals surface area (Å²) >= 11 is 0. The Hall–Kier alpha value is -0.910. The second-order valence-corrected chi connectivity index (χ2v) is 5.57. The van der Waals surface area contributed by atoms with Gasteiger partial charge in [-0.25, -0.2) is 13.6 Å². The van der Waals surface area contributed by atoms with E-state index in [9.17, 15) is 8.42 Å². The molecule has 0 amide bonds. The van der Waals surface area contributed by atoms with Crippen LogP contribution in [0, 0.1) is 0 Å². The number of hydrogen-bond acceptors (Lipinski definition) is 3. The van der Waals surface area contributed by atoms with Gasteiger partial charge in [-0.05, 0) is 30.9 Å². The van der Waals surface area contributed by atoms with Crippen LogP contribution in [0.4, 0.5) is 0 Å². The van der Waals surface area contributed by atoms with E-state index in [2.05, 4.69) is 0 Å². The summed E-state index contributed by atoms with van der Waals surface area (Å²) in [5.41, 5.74) is 0.777. The zero-order valence-corrected chi connectivity index (χ0v) is 10.6. The Bertz CT molecular complexity index is 443. The Kier molecular flexibility index (Phi) is 5.61. The highest BCUT2D eigenvalue weighted by molar-refractivity contribution is 7.89. The van der Waals surface area contributed by atoms with E-state index in [1.165, 1.54) is 0 Å². The van der Waals surface area contributed by atoms with Crippen molar-refractivity contribution in [1.82, 2.24) is 0 Å². The van der Waals surface area contributed by atoms with E-state index in [-0.39, 0.29) is 11.5 Å². The fourth-order valence-electron chi connectivity index (χ4n) is 1.77. The molecule has 0 heterocycles. The number of aryl methyl sites for hydroxylation is 1. The second kappa shape index (κ2) is 6.74. The fraction of sp³-hybridized carbons (Fsp3) is 0.500. The van der Waals surface area contributed by atoms with Gasteiger partial charge in [0.15, 0.2) is 0 Å². The van der Waals surface area contributed by atoms with Crippen molar-refractivity contribution in [2.45, 2.75) is 37.0 Å². The lowest BCUT2D eigenvalue weighted by molar-refractivity contribution is 0.282. The Morgan fingerprint density at radius 1 is 1.06 bits per heavy atom. The van der Waals surface area contributed by atoms with Gasteiger partial charge in [-0.3, -0.25) is 0 Å². The molecule has 0 aromatic heterocycles. The Morgan fingerprint density at radius 3 is 2.35 bits per heavy atom. The third-order valence-corrected chi connectivity index (χ3v) is 3.64. The highest BCUT2D eigenvalue weighted by atomic mass is 32.2. The molecule has 0 unspecified atom stereocenters. The van der Waals surface area contributed by atoms with E-state index >= 15 is 0 Å². The molecule has 5 heteroatoms. The van der Waals surface area contributed by atoms with Crippen LogP contribution in [0.1, 0.15) is 31.2 Å². The monoisotopic (exact) mass is 257 g/mol. The lowest BCUT2D eigenvalue weighted by Crippen LogP contribution is -2.14. The highest BCUT2D eigenvalue weighted by Crippen LogP contribution is 2.16. The summed E-state index contributed by atoms with van der Waals surface area (Å²) in [5, 5.41) is 13.8. The van der Waals surface area contributed by atoms with Gasteiger partial charge in [0.25, 0.3) is 0 Å². The molecule has 1 rings (SSSR count). The van der Waals surface area contributed by atoms with E-state index in [1.807, 2.05) is 6.07 Å². The first-order valence-electron chi connectivity index (χ1n) is 5.77. The van der Waals surface area contributed by atoms with Crippen molar-refractivity contribution < 1.29 is 13.5 Å². The van der Waals surface area contributed by atoms with Gasteiger partial charge in [-0.2, -0.15) is 0 Å². The predicted molar refractivity (Wildman–Crippen MR) is 67.1 cm³/mol. The standard InChI is InChI=1S/C12H19NO3S/c13-17(15,16)12-9-5-4-8-11(12)7-3-1-2-6-10-14/h4-5,8-9,14H,1-3,6-7,10H2,(H2,13,15,16). The minimum atomic E-state index is -3.62.